The van der Waals surface area contributed by atoms with Crippen molar-refractivity contribution in [2.24, 2.45) is 5.16 Å². The van der Waals surface area contributed by atoms with Crippen LogP contribution in [0.2, 0.25) is 0 Å². The van der Waals surface area contributed by atoms with E-state index in [-0.39, 0.29) is 0 Å². The van der Waals surface area contributed by atoms with Gasteiger partial charge < -0.3 is 14.8 Å². The lowest BCUT2D eigenvalue weighted by Gasteiger charge is -2.32. The maximum atomic E-state index is 9.10. The summed E-state index contributed by atoms with van der Waals surface area (Å²) >= 11 is 0. The van der Waals surface area contributed by atoms with Crippen LogP contribution >= 0.6 is 0 Å². The van der Waals surface area contributed by atoms with Gasteiger partial charge in [0.25, 0.3) is 0 Å². The normalized spacial score (nSPS) is 26.1. The number of rotatable bonds is 1. The molecule has 16 heavy (non-hydrogen) atoms. The lowest BCUT2D eigenvalue weighted by atomic mass is 10.0. The molecule has 90 valence electrons. The number of morpholine rings is 1. The molecule has 4 nitrogen and oxygen atoms in total. The summed E-state index contributed by atoms with van der Waals surface area (Å²) in [5.41, 5.74) is 1.98. The molecule has 0 unspecified atom stereocenters. The number of allylic oxidation sites excluding steroid dienone is 2. The number of nitrogens with zero attached hydrogens (tertiary/aromatic N) is 2. The third-order valence-electron chi connectivity index (χ3n) is 3.22. The molecule has 0 spiro atoms. The number of oxime groups is 1. The first kappa shape index (κ1) is 11.5. The third-order valence-corrected chi connectivity index (χ3v) is 3.22. The van der Waals surface area contributed by atoms with Crippen molar-refractivity contribution in [3.05, 3.63) is 11.8 Å². The van der Waals surface area contributed by atoms with Crippen molar-refractivity contribution < 1.29 is 9.94 Å². The van der Waals surface area contributed by atoms with Crippen LogP contribution < -0.4 is 0 Å². The van der Waals surface area contributed by atoms with Gasteiger partial charge in [-0.25, -0.2) is 0 Å². The molecule has 1 saturated heterocycles. The molecule has 0 saturated carbocycles. The lowest BCUT2D eigenvalue weighted by molar-refractivity contribution is 0.0559. The molecular formula is C12H20N2O2. The Bertz CT molecular complexity index is 281. The van der Waals surface area contributed by atoms with Crippen LogP contribution in [0.1, 0.15) is 32.1 Å². The summed E-state index contributed by atoms with van der Waals surface area (Å²) in [5, 5.41) is 12.6. The summed E-state index contributed by atoms with van der Waals surface area (Å²) in [6, 6.07) is 0. The van der Waals surface area contributed by atoms with Crippen LogP contribution in [0.5, 0.6) is 0 Å². The fourth-order valence-corrected chi connectivity index (χ4v) is 2.32. The van der Waals surface area contributed by atoms with E-state index in [2.05, 4.69) is 16.1 Å². The first-order valence-corrected chi connectivity index (χ1v) is 6.16. The van der Waals surface area contributed by atoms with Crippen molar-refractivity contribution in [3.63, 3.8) is 0 Å². The van der Waals surface area contributed by atoms with E-state index in [0.717, 1.165) is 57.0 Å². The zero-order valence-corrected chi connectivity index (χ0v) is 9.69. The Morgan fingerprint density at radius 1 is 1.19 bits per heavy atom. The predicted molar refractivity (Wildman–Crippen MR) is 62.8 cm³/mol. The highest BCUT2D eigenvalue weighted by molar-refractivity contribution is 5.99. The van der Waals surface area contributed by atoms with E-state index in [4.69, 9.17) is 9.94 Å². The second-order valence-electron chi connectivity index (χ2n) is 4.33. The molecule has 2 aliphatic rings. The average Bonchev–Trinajstić information content (AvgIpc) is 2.30. The molecule has 0 atom stereocenters. The van der Waals surface area contributed by atoms with Crippen LogP contribution in [-0.4, -0.2) is 42.1 Å². The molecule has 0 radical (unpaired) electrons. The molecule has 0 aromatic heterocycles. The van der Waals surface area contributed by atoms with Gasteiger partial charge in [-0.3, -0.25) is 0 Å². The third kappa shape index (κ3) is 2.76. The van der Waals surface area contributed by atoms with Gasteiger partial charge in [0.05, 0.1) is 18.9 Å². The van der Waals surface area contributed by atoms with Gasteiger partial charge >= 0.3 is 0 Å². The van der Waals surface area contributed by atoms with Crippen molar-refractivity contribution in [2.75, 3.05) is 26.3 Å². The van der Waals surface area contributed by atoms with Gasteiger partial charge in [0.2, 0.25) is 0 Å². The second kappa shape index (κ2) is 5.89. The molecular weight excluding hydrogens is 204 g/mol. The van der Waals surface area contributed by atoms with E-state index in [1.165, 1.54) is 12.8 Å². The monoisotopic (exact) mass is 224 g/mol. The van der Waals surface area contributed by atoms with Gasteiger partial charge in [0, 0.05) is 13.1 Å². The van der Waals surface area contributed by atoms with E-state index in [1.54, 1.807) is 0 Å². The predicted octanol–water partition coefficient (Wildman–Crippen LogP) is 2.00. The Morgan fingerprint density at radius 2 is 2.00 bits per heavy atom. The minimum Gasteiger partial charge on any atom is -0.411 e. The number of hydrogen-bond acceptors (Lipinski definition) is 4. The highest BCUT2D eigenvalue weighted by Gasteiger charge is 2.19. The number of ether oxygens (including phenoxy) is 1. The Labute approximate surface area is 96.6 Å². The zero-order valence-electron chi connectivity index (χ0n) is 9.69. The fraction of sp³-hybridized carbons (Fsp3) is 0.750. The Kier molecular flexibility index (Phi) is 4.22. The summed E-state index contributed by atoms with van der Waals surface area (Å²) in [6.07, 6.45) is 7.80. The zero-order chi connectivity index (χ0) is 11.2. The molecule has 1 aliphatic heterocycles. The molecule has 2 rings (SSSR count). The lowest BCUT2D eigenvalue weighted by Crippen LogP contribution is -2.38. The largest absolute Gasteiger partial charge is 0.411 e. The van der Waals surface area contributed by atoms with Crippen LogP contribution in [0.3, 0.4) is 0 Å². The minimum absolute atomic E-state index is 0.774. The molecule has 1 N–H and O–H groups in total. The van der Waals surface area contributed by atoms with E-state index in [0.29, 0.717) is 0 Å². The minimum atomic E-state index is 0.774. The van der Waals surface area contributed by atoms with E-state index in [1.807, 2.05) is 0 Å². The van der Waals surface area contributed by atoms with E-state index < -0.39 is 0 Å². The summed E-state index contributed by atoms with van der Waals surface area (Å²) in [6.45, 7) is 3.36. The van der Waals surface area contributed by atoms with Gasteiger partial charge in [0.15, 0.2) is 0 Å². The molecule has 0 aromatic rings. The summed E-state index contributed by atoms with van der Waals surface area (Å²) in [4.78, 5) is 2.28. The van der Waals surface area contributed by atoms with E-state index >= 15 is 0 Å². The van der Waals surface area contributed by atoms with Crippen LogP contribution in [0.25, 0.3) is 0 Å². The maximum Gasteiger partial charge on any atom is 0.102 e. The van der Waals surface area contributed by atoms with Crippen LogP contribution in [0, 0.1) is 0 Å². The highest BCUT2D eigenvalue weighted by Crippen LogP contribution is 2.19. The van der Waals surface area contributed by atoms with Gasteiger partial charge in [-0.2, -0.15) is 0 Å². The Morgan fingerprint density at radius 3 is 2.75 bits per heavy atom. The van der Waals surface area contributed by atoms with Gasteiger partial charge in [-0.15, -0.1) is 0 Å². The summed E-state index contributed by atoms with van der Waals surface area (Å²) < 4.78 is 5.34. The van der Waals surface area contributed by atoms with Gasteiger partial charge in [0.1, 0.15) is 5.71 Å². The highest BCUT2D eigenvalue weighted by atomic mass is 16.5. The standard InChI is InChI=1S/C12H20N2O2/c15-13-11-5-3-1-2-4-6-12(11)14-7-9-16-10-8-14/h6,15H,1-5,7-10H2. The first-order chi connectivity index (χ1) is 7.92. The Balaban J connectivity index is 2.11. The van der Waals surface area contributed by atoms with Crippen LogP contribution in [0.15, 0.2) is 16.9 Å². The van der Waals surface area contributed by atoms with Crippen molar-refractivity contribution in [3.8, 4) is 0 Å². The quantitative estimate of drug-likeness (QED) is 0.547. The van der Waals surface area contributed by atoms with Crippen LogP contribution in [-0.2, 0) is 4.74 Å². The first-order valence-electron chi connectivity index (χ1n) is 6.16. The number of hydrogen-bond donors (Lipinski definition) is 1. The summed E-state index contributed by atoms with van der Waals surface area (Å²) in [5.74, 6) is 0. The molecule has 1 aliphatic carbocycles. The smallest absolute Gasteiger partial charge is 0.102 e. The second-order valence-corrected chi connectivity index (χ2v) is 4.33. The fourth-order valence-electron chi connectivity index (χ4n) is 2.32. The molecule has 0 aromatic carbocycles. The van der Waals surface area contributed by atoms with Crippen molar-refractivity contribution in [1.29, 1.82) is 0 Å². The van der Waals surface area contributed by atoms with Crippen molar-refractivity contribution >= 4 is 5.71 Å². The average molecular weight is 224 g/mol. The van der Waals surface area contributed by atoms with Gasteiger partial charge in [-0.1, -0.05) is 17.7 Å². The van der Waals surface area contributed by atoms with Gasteiger partial charge in [-0.05, 0) is 25.7 Å². The SMILES string of the molecule is ON=C1CCCCCC=C1N1CCOCC1. The van der Waals surface area contributed by atoms with Crippen molar-refractivity contribution in [1.82, 2.24) is 4.90 Å². The Hall–Kier alpha value is -1.03. The maximum absolute atomic E-state index is 9.10. The van der Waals surface area contributed by atoms with Crippen molar-refractivity contribution in [2.45, 2.75) is 32.1 Å². The molecule has 1 fully saturated rings. The van der Waals surface area contributed by atoms with Crippen LogP contribution in [0.4, 0.5) is 0 Å². The topological polar surface area (TPSA) is 45.1 Å². The molecule has 0 amide bonds. The molecule has 1 heterocycles. The molecule has 4 heteroatoms. The molecule has 0 bridgehead atoms. The van der Waals surface area contributed by atoms with E-state index in [9.17, 15) is 0 Å². The summed E-state index contributed by atoms with van der Waals surface area (Å²) in [7, 11) is 0.